The molecule has 0 aromatic heterocycles. The Balaban J connectivity index is 3.27. The molecule has 122 valence electrons. The van der Waals surface area contributed by atoms with Crippen LogP contribution in [0.25, 0.3) is 0 Å². The average Bonchev–Trinajstić information content (AvgIpc) is 2.39. The predicted molar refractivity (Wildman–Crippen MR) is 88.7 cm³/mol. The van der Waals surface area contributed by atoms with Gasteiger partial charge in [0.1, 0.15) is 0 Å². The molecule has 0 aromatic rings. The van der Waals surface area contributed by atoms with Crippen LogP contribution in [0.4, 0.5) is 0 Å². The van der Waals surface area contributed by atoms with E-state index >= 15 is 0 Å². The Hall–Kier alpha value is 0.360. The van der Waals surface area contributed by atoms with Gasteiger partial charge in [-0.05, 0) is 24.7 Å². The summed E-state index contributed by atoms with van der Waals surface area (Å²) >= 11 is 3.68. The summed E-state index contributed by atoms with van der Waals surface area (Å²) in [6, 6.07) is 0. The molecule has 0 radical (unpaired) electrons. The Morgan fingerprint density at radius 3 is 1.75 bits per heavy atom. The van der Waals surface area contributed by atoms with E-state index in [-0.39, 0.29) is 0 Å². The lowest BCUT2D eigenvalue weighted by Crippen LogP contribution is -2.20. The summed E-state index contributed by atoms with van der Waals surface area (Å²) in [5, 5.41) is 0. The van der Waals surface area contributed by atoms with Crippen LogP contribution in [0.15, 0.2) is 0 Å². The predicted octanol–water partition coefficient (Wildman–Crippen LogP) is 4.28. The largest absolute Gasteiger partial charge is 0.379 e. The standard InChI is InChI=1S/C16H33BrO3/c1-5-6-8-18-10-12-20-13-11-19-9-7-16(14(2)3)15(4)17/h14-16H,5-13H2,1-4H3. The first-order valence-electron chi connectivity index (χ1n) is 7.96. The first-order chi connectivity index (χ1) is 9.59. The van der Waals surface area contributed by atoms with Crippen LogP contribution in [-0.2, 0) is 14.2 Å². The van der Waals surface area contributed by atoms with Gasteiger partial charge in [-0.15, -0.1) is 0 Å². The lowest BCUT2D eigenvalue weighted by Gasteiger charge is -2.23. The van der Waals surface area contributed by atoms with Crippen molar-refractivity contribution >= 4 is 15.9 Å². The molecule has 4 heteroatoms. The highest BCUT2D eigenvalue weighted by Crippen LogP contribution is 2.24. The molecule has 0 rings (SSSR count). The Labute approximate surface area is 133 Å². The summed E-state index contributed by atoms with van der Waals surface area (Å²) in [6.45, 7) is 13.3. The molecule has 2 unspecified atom stereocenters. The number of rotatable bonds is 14. The second kappa shape index (κ2) is 14.3. The van der Waals surface area contributed by atoms with Crippen molar-refractivity contribution in [3.63, 3.8) is 0 Å². The number of hydrogen-bond donors (Lipinski definition) is 0. The molecule has 0 heterocycles. The molecule has 0 aromatic carbocycles. The van der Waals surface area contributed by atoms with Gasteiger partial charge in [0, 0.05) is 18.0 Å². The van der Waals surface area contributed by atoms with E-state index in [0.717, 1.165) is 26.1 Å². The summed E-state index contributed by atoms with van der Waals surface area (Å²) in [5.74, 6) is 1.35. The zero-order valence-corrected chi connectivity index (χ0v) is 15.3. The van der Waals surface area contributed by atoms with Crippen molar-refractivity contribution in [2.24, 2.45) is 11.8 Å². The van der Waals surface area contributed by atoms with Crippen molar-refractivity contribution in [2.75, 3.05) is 39.6 Å². The molecule has 0 fully saturated rings. The van der Waals surface area contributed by atoms with E-state index < -0.39 is 0 Å². The highest BCUT2D eigenvalue weighted by atomic mass is 79.9. The van der Waals surface area contributed by atoms with E-state index in [1.807, 2.05) is 0 Å². The molecule has 0 aliphatic heterocycles. The monoisotopic (exact) mass is 352 g/mol. The fourth-order valence-corrected chi connectivity index (χ4v) is 2.98. The van der Waals surface area contributed by atoms with Crippen molar-refractivity contribution in [2.45, 2.75) is 51.8 Å². The van der Waals surface area contributed by atoms with Crippen LogP contribution in [0.3, 0.4) is 0 Å². The molecule has 2 atom stereocenters. The fraction of sp³-hybridized carbons (Fsp3) is 1.00. The molecule has 20 heavy (non-hydrogen) atoms. The quantitative estimate of drug-likeness (QED) is 0.345. The van der Waals surface area contributed by atoms with Crippen molar-refractivity contribution < 1.29 is 14.2 Å². The summed E-state index contributed by atoms with van der Waals surface area (Å²) in [7, 11) is 0. The zero-order chi connectivity index (χ0) is 15.2. The number of halogens is 1. The molecule has 0 N–H and O–H groups in total. The van der Waals surface area contributed by atoms with Crippen LogP contribution < -0.4 is 0 Å². The SMILES string of the molecule is CCCCOCCOCCOCCC(C(C)C)C(C)Br. The summed E-state index contributed by atoms with van der Waals surface area (Å²) < 4.78 is 16.5. The van der Waals surface area contributed by atoms with Gasteiger partial charge in [0.05, 0.1) is 26.4 Å². The van der Waals surface area contributed by atoms with Crippen LogP contribution in [0.1, 0.15) is 47.0 Å². The van der Waals surface area contributed by atoms with Crippen LogP contribution in [0.5, 0.6) is 0 Å². The molecule has 3 nitrogen and oxygen atoms in total. The van der Waals surface area contributed by atoms with Crippen LogP contribution in [0.2, 0.25) is 0 Å². The molecule has 0 saturated carbocycles. The van der Waals surface area contributed by atoms with E-state index in [4.69, 9.17) is 14.2 Å². The van der Waals surface area contributed by atoms with E-state index in [2.05, 4.69) is 43.6 Å². The summed E-state index contributed by atoms with van der Waals surface area (Å²) in [4.78, 5) is 0.544. The van der Waals surface area contributed by atoms with Crippen molar-refractivity contribution in [1.29, 1.82) is 0 Å². The molecule has 0 spiro atoms. The Morgan fingerprint density at radius 1 is 0.800 bits per heavy atom. The second-order valence-electron chi connectivity index (χ2n) is 5.56. The van der Waals surface area contributed by atoms with E-state index in [9.17, 15) is 0 Å². The van der Waals surface area contributed by atoms with Crippen LogP contribution >= 0.6 is 15.9 Å². The van der Waals surface area contributed by atoms with Gasteiger partial charge < -0.3 is 14.2 Å². The highest BCUT2D eigenvalue weighted by Gasteiger charge is 2.18. The van der Waals surface area contributed by atoms with E-state index in [0.29, 0.717) is 43.1 Å². The second-order valence-corrected chi connectivity index (χ2v) is 7.01. The lowest BCUT2D eigenvalue weighted by atomic mass is 9.90. The maximum Gasteiger partial charge on any atom is 0.0701 e. The maximum absolute atomic E-state index is 5.62. The van der Waals surface area contributed by atoms with Gasteiger partial charge in [-0.1, -0.05) is 50.0 Å². The van der Waals surface area contributed by atoms with Gasteiger partial charge in [-0.3, -0.25) is 0 Å². The summed E-state index contributed by atoms with van der Waals surface area (Å²) in [5.41, 5.74) is 0. The smallest absolute Gasteiger partial charge is 0.0701 e. The first kappa shape index (κ1) is 20.4. The van der Waals surface area contributed by atoms with Crippen molar-refractivity contribution in [3.8, 4) is 0 Å². The minimum absolute atomic E-state index is 0.544. The van der Waals surface area contributed by atoms with Gasteiger partial charge in [-0.25, -0.2) is 0 Å². The minimum atomic E-state index is 0.544. The molecular weight excluding hydrogens is 320 g/mol. The van der Waals surface area contributed by atoms with Crippen LogP contribution in [0, 0.1) is 11.8 Å². The third-order valence-electron chi connectivity index (χ3n) is 3.43. The minimum Gasteiger partial charge on any atom is -0.379 e. The lowest BCUT2D eigenvalue weighted by molar-refractivity contribution is 0.0110. The first-order valence-corrected chi connectivity index (χ1v) is 8.88. The van der Waals surface area contributed by atoms with Crippen LogP contribution in [-0.4, -0.2) is 44.5 Å². The number of hydrogen-bond acceptors (Lipinski definition) is 3. The van der Waals surface area contributed by atoms with Gasteiger partial charge in [-0.2, -0.15) is 0 Å². The van der Waals surface area contributed by atoms with E-state index in [1.165, 1.54) is 6.42 Å². The zero-order valence-electron chi connectivity index (χ0n) is 13.7. The van der Waals surface area contributed by atoms with Crippen molar-refractivity contribution in [1.82, 2.24) is 0 Å². The van der Waals surface area contributed by atoms with Gasteiger partial charge in [0.15, 0.2) is 0 Å². The molecular formula is C16H33BrO3. The van der Waals surface area contributed by atoms with Gasteiger partial charge in [0.25, 0.3) is 0 Å². The van der Waals surface area contributed by atoms with Crippen molar-refractivity contribution in [3.05, 3.63) is 0 Å². The third kappa shape index (κ3) is 12.1. The molecule has 0 aliphatic rings. The Kier molecular flexibility index (Phi) is 14.6. The molecule has 0 aliphatic carbocycles. The Morgan fingerprint density at radius 2 is 1.30 bits per heavy atom. The van der Waals surface area contributed by atoms with Gasteiger partial charge in [0.2, 0.25) is 0 Å². The van der Waals surface area contributed by atoms with E-state index in [1.54, 1.807) is 0 Å². The average molecular weight is 353 g/mol. The highest BCUT2D eigenvalue weighted by molar-refractivity contribution is 9.09. The summed E-state index contributed by atoms with van der Waals surface area (Å²) in [6.07, 6.45) is 3.41. The molecule has 0 bridgehead atoms. The number of unbranched alkanes of at least 4 members (excludes halogenated alkanes) is 1. The topological polar surface area (TPSA) is 27.7 Å². The van der Waals surface area contributed by atoms with Gasteiger partial charge >= 0.3 is 0 Å². The maximum atomic E-state index is 5.62. The molecule has 0 saturated heterocycles. The third-order valence-corrected chi connectivity index (χ3v) is 4.11. The normalized spacial score (nSPS) is 14.7. The molecule has 0 amide bonds. The Bertz CT molecular complexity index is 190. The fourth-order valence-electron chi connectivity index (χ4n) is 2.10. The number of ether oxygens (including phenoxy) is 3. The number of alkyl halides is 1.